The lowest BCUT2D eigenvalue weighted by Crippen LogP contribution is -2.35. The second-order valence-electron chi connectivity index (χ2n) is 3.03. The van der Waals surface area contributed by atoms with E-state index in [4.69, 9.17) is 0 Å². The monoisotopic (exact) mass is 188 g/mol. The SMILES string of the molecule is O=C1C[C@H]2[C@H](Br)CC[C@@H]12. The van der Waals surface area contributed by atoms with Crippen molar-refractivity contribution >= 4 is 21.7 Å². The van der Waals surface area contributed by atoms with E-state index in [1.54, 1.807) is 0 Å². The molecule has 0 radical (unpaired) electrons. The lowest BCUT2D eigenvalue weighted by Gasteiger charge is -2.30. The van der Waals surface area contributed by atoms with Crippen molar-refractivity contribution in [3.05, 3.63) is 0 Å². The van der Waals surface area contributed by atoms with Crippen LogP contribution in [0.25, 0.3) is 0 Å². The molecule has 0 saturated heterocycles. The van der Waals surface area contributed by atoms with E-state index < -0.39 is 0 Å². The molecular formula is C7H9BrO. The van der Waals surface area contributed by atoms with Crippen LogP contribution in [0, 0.1) is 11.8 Å². The first-order chi connectivity index (χ1) is 4.29. The zero-order valence-corrected chi connectivity index (χ0v) is 6.73. The Morgan fingerprint density at radius 3 is 2.67 bits per heavy atom. The van der Waals surface area contributed by atoms with Crippen molar-refractivity contribution in [2.24, 2.45) is 11.8 Å². The lowest BCUT2D eigenvalue weighted by molar-refractivity contribution is -0.132. The Kier molecular flexibility index (Phi) is 1.19. The second-order valence-corrected chi connectivity index (χ2v) is 4.21. The Hall–Kier alpha value is 0.150. The van der Waals surface area contributed by atoms with Gasteiger partial charge >= 0.3 is 0 Å². The maximum atomic E-state index is 10.8. The zero-order chi connectivity index (χ0) is 6.43. The number of ketones is 1. The van der Waals surface area contributed by atoms with E-state index in [9.17, 15) is 4.79 Å². The van der Waals surface area contributed by atoms with Crippen molar-refractivity contribution in [2.45, 2.75) is 24.1 Å². The highest BCUT2D eigenvalue weighted by atomic mass is 79.9. The molecule has 0 aliphatic heterocycles. The highest BCUT2D eigenvalue weighted by Crippen LogP contribution is 2.47. The summed E-state index contributed by atoms with van der Waals surface area (Å²) >= 11 is 3.57. The Morgan fingerprint density at radius 1 is 1.44 bits per heavy atom. The number of hydrogen-bond donors (Lipinski definition) is 0. The number of Topliss-reactive ketones (excluding diaryl/α,β-unsaturated/α-hetero) is 1. The topological polar surface area (TPSA) is 17.1 Å². The van der Waals surface area contributed by atoms with Crippen LogP contribution in [0.2, 0.25) is 0 Å². The van der Waals surface area contributed by atoms with Crippen LogP contribution >= 0.6 is 15.9 Å². The van der Waals surface area contributed by atoms with Gasteiger partial charge in [0.25, 0.3) is 0 Å². The fourth-order valence-corrected chi connectivity index (χ4v) is 2.73. The van der Waals surface area contributed by atoms with Gasteiger partial charge in [0, 0.05) is 17.2 Å². The molecule has 2 heteroatoms. The van der Waals surface area contributed by atoms with E-state index in [0.29, 0.717) is 22.4 Å². The van der Waals surface area contributed by atoms with Gasteiger partial charge in [0.1, 0.15) is 5.78 Å². The van der Waals surface area contributed by atoms with E-state index in [2.05, 4.69) is 15.9 Å². The molecule has 3 atom stereocenters. The predicted molar refractivity (Wildman–Crippen MR) is 38.6 cm³/mol. The molecule has 2 rings (SSSR count). The van der Waals surface area contributed by atoms with Crippen molar-refractivity contribution < 1.29 is 4.79 Å². The molecule has 0 bridgehead atoms. The largest absolute Gasteiger partial charge is 0.299 e. The average molecular weight is 189 g/mol. The first kappa shape index (κ1) is 5.90. The van der Waals surface area contributed by atoms with Gasteiger partial charge in [-0.15, -0.1) is 0 Å². The number of alkyl halides is 1. The lowest BCUT2D eigenvalue weighted by atomic mass is 9.75. The van der Waals surface area contributed by atoms with Crippen LogP contribution in [0.3, 0.4) is 0 Å². The van der Waals surface area contributed by atoms with Gasteiger partial charge in [0.15, 0.2) is 0 Å². The van der Waals surface area contributed by atoms with Gasteiger partial charge in [-0.1, -0.05) is 15.9 Å². The fraction of sp³-hybridized carbons (Fsp3) is 0.857. The summed E-state index contributed by atoms with van der Waals surface area (Å²) in [6, 6.07) is 0. The summed E-state index contributed by atoms with van der Waals surface area (Å²) in [7, 11) is 0. The van der Waals surface area contributed by atoms with Crippen LogP contribution in [-0.4, -0.2) is 10.6 Å². The first-order valence-corrected chi connectivity index (χ1v) is 4.37. The Morgan fingerprint density at radius 2 is 2.22 bits per heavy atom. The quantitative estimate of drug-likeness (QED) is 0.530. The van der Waals surface area contributed by atoms with Crippen molar-refractivity contribution in [1.82, 2.24) is 0 Å². The zero-order valence-electron chi connectivity index (χ0n) is 5.14. The Balaban J connectivity index is 2.11. The third kappa shape index (κ3) is 0.689. The van der Waals surface area contributed by atoms with Gasteiger partial charge < -0.3 is 0 Å². The number of fused-ring (bicyclic) bond motifs is 1. The third-order valence-corrected chi connectivity index (χ3v) is 3.72. The van der Waals surface area contributed by atoms with Gasteiger partial charge in [-0.3, -0.25) is 4.79 Å². The number of carbonyl (C=O) groups is 1. The molecule has 0 heterocycles. The van der Waals surface area contributed by atoms with E-state index in [0.717, 1.165) is 12.8 Å². The standard InChI is InChI=1S/C7H9BrO/c8-6-2-1-4-5(6)3-7(4)9/h4-6H,1-3H2/t4-,5-,6-/m1/s1. The smallest absolute Gasteiger partial charge is 0.136 e. The van der Waals surface area contributed by atoms with Gasteiger partial charge in [0.05, 0.1) is 0 Å². The Bertz CT molecular complexity index is 155. The molecular weight excluding hydrogens is 180 g/mol. The maximum absolute atomic E-state index is 10.8. The molecule has 0 aromatic rings. The van der Waals surface area contributed by atoms with Crippen LogP contribution in [0.1, 0.15) is 19.3 Å². The average Bonchev–Trinajstić information content (AvgIpc) is 2.07. The number of hydrogen-bond acceptors (Lipinski definition) is 1. The van der Waals surface area contributed by atoms with Gasteiger partial charge in [0.2, 0.25) is 0 Å². The second kappa shape index (κ2) is 1.82. The Labute approximate surface area is 62.9 Å². The van der Waals surface area contributed by atoms with Crippen LogP contribution in [0.15, 0.2) is 0 Å². The van der Waals surface area contributed by atoms with E-state index in [-0.39, 0.29) is 0 Å². The molecule has 9 heavy (non-hydrogen) atoms. The number of rotatable bonds is 0. The normalized spacial score (nSPS) is 48.6. The van der Waals surface area contributed by atoms with Crippen molar-refractivity contribution in [2.75, 3.05) is 0 Å². The molecule has 2 saturated carbocycles. The minimum Gasteiger partial charge on any atom is -0.299 e. The van der Waals surface area contributed by atoms with Gasteiger partial charge in [-0.05, 0) is 18.8 Å². The molecule has 0 N–H and O–H groups in total. The van der Waals surface area contributed by atoms with Crippen molar-refractivity contribution in [3.8, 4) is 0 Å². The predicted octanol–water partition coefficient (Wildman–Crippen LogP) is 1.75. The van der Waals surface area contributed by atoms with E-state index in [1.807, 2.05) is 0 Å². The fourth-order valence-electron chi connectivity index (χ4n) is 1.91. The van der Waals surface area contributed by atoms with Crippen molar-refractivity contribution in [1.29, 1.82) is 0 Å². The summed E-state index contributed by atoms with van der Waals surface area (Å²) in [5.74, 6) is 1.66. The van der Waals surface area contributed by atoms with Gasteiger partial charge in [-0.2, -0.15) is 0 Å². The molecule has 0 unspecified atom stereocenters. The molecule has 1 nitrogen and oxygen atoms in total. The van der Waals surface area contributed by atoms with E-state index >= 15 is 0 Å². The van der Waals surface area contributed by atoms with Gasteiger partial charge in [-0.25, -0.2) is 0 Å². The highest BCUT2D eigenvalue weighted by Gasteiger charge is 2.47. The summed E-state index contributed by atoms with van der Waals surface area (Å²) in [6.07, 6.45) is 3.20. The molecule has 0 aromatic carbocycles. The molecule has 2 aliphatic carbocycles. The first-order valence-electron chi connectivity index (χ1n) is 3.46. The summed E-state index contributed by atoms with van der Waals surface area (Å²) in [5.41, 5.74) is 0. The summed E-state index contributed by atoms with van der Waals surface area (Å²) in [6.45, 7) is 0. The van der Waals surface area contributed by atoms with Crippen LogP contribution in [0.5, 0.6) is 0 Å². The summed E-state index contributed by atoms with van der Waals surface area (Å²) in [5, 5.41) is 0. The van der Waals surface area contributed by atoms with Crippen LogP contribution in [0.4, 0.5) is 0 Å². The minimum atomic E-state index is 0.453. The van der Waals surface area contributed by atoms with Crippen molar-refractivity contribution in [3.63, 3.8) is 0 Å². The maximum Gasteiger partial charge on any atom is 0.136 e. The number of halogens is 1. The minimum absolute atomic E-state index is 0.453. The molecule has 0 amide bonds. The number of carbonyl (C=O) groups excluding carboxylic acids is 1. The molecule has 2 aliphatic rings. The summed E-state index contributed by atoms with van der Waals surface area (Å²) < 4.78 is 0. The molecule has 0 aromatic heterocycles. The van der Waals surface area contributed by atoms with Crippen LogP contribution < -0.4 is 0 Å². The highest BCUT2D eigenvalue weighted by molar-refractivity contribution is 9.09. The van der Waals surface area contributed by atoms with Crippen LogP contribution in [-0.2, 0) is 4.79 Å². The summed E-state index contributed by atoms with van der Waals surface area (Å²) in [4.78, 5) is 11.5. The molecule has 0 spiro atoms. The molecule has 50 valence electrons. The third-order valence-electron chi connectivity index (χ3n) is 2.59. The van der Waals surface area contributed by atoms with E-state index in [1.165, 1.54) is 6.42 Å². The molecule has 2 fully saturated rings.